The van der Waals surface area contributed by atoms with Gasteiger partial charge in [-0.2, -0.15) is 0 Å². The lowest BCUT2D eigenvalue weighted by Crippen LogP contribution is -2.24. The van der Waals surface area contributed by atoms with Crippen molar-refractivity contribution in [2.45, 2.75) is 25.7 Å². The Balaban J connectivity index is 1.94. The summed E-state index contributed by atoms with van der Waals surface area (Å²) in [5, 5.41) is 0.682. The lowest BCUT2D eigenvalue weighted by atomic mass is 9.85. The highest BCUT2D eigenvalue weighted by Gasteiger charge is 2.25. The summed E-state index contributed by atoms with van der Waals surface area (Å²) in [6.07, 6.45) is 1.79. The molecule has 0 N–H and O–H groups in total. The molecule has 0 saturated heterocycles. The van der Waals surface area contributed by atoms with Gasteiger partial charge in [-0.25, -0.2) is 0 Å². The molecule has 18 heavy (non-hydrogen) atoms. The van der Waals surface area contributed by atoms with Crippen LogP contribution in [-0.2, 0) is 9.59 Å². The highest BCUT2D eigenvalue weighted by Crippen LogP contribution is 2.20. The zero-order valence-corrected chi connectivity index (χ0v) is 10.7. The maximum Gasteiger partial charge on any atom is 0.144 e. The number of Topliss-reactive ketones (excluding diaryl/α,β-unsaturated/α-hetero) is 2. The SMILES string of the molecule is O=C1CCC(CC#Cc2ccc(Cl)cc2)C(=O)C1. The monoisotopic (exact) mass is 260 g/mol. The van der Waals surface area contributed by atoms with Crippen molar-refractivity contribution in [3.63, 3.8) is 0 Å². The van der Waals surface area contributed by atoms with Crippen LogP contribution >= 0.6 is 11.6 Å². The van der Waals surface area contributed by atoms with E-state index in [1.807, 2.05) is 12.1 Å². The van der Waals surface area contributed by atoms with Crippen LogP contribution in [0.3, 0.4) is 0 Å². The molecule has 2 rings (SSSR count). The molecule has 0 amide bonds. The normalized spacial score (nSPS) is 19.3. The van der Waals surface area contributed by atoms with Crippen LogP contribution in [0, 0.1) is 17.8 Å². The van der Waals surface area contributed by atoms with Gasteiger partial charge in [-0.15, -0.1) is 0 Å². The van der Waals surface area contributed by atoms with E-state index in [1.165, 1.54) is 0 Å². The predicted octanol–water partition coefficient (Wildman–Crippen LogP) is 3.02. The average Bonchev–Trinajstić information content (AvgIpc) is 2.34. The van der Waals surface area contributed by atoms with Crippen LogP contribution < -0.4 is 0 Å². The molecule has 0 aromatic heterocycles. The van der Waals surface area contributed by atoms with Crippen molar-refractivity contribution in [2.24, 2.45) is 5.92 Å². The Morgan fingerprint density at radius 2 is 1.94 bits per heavy atom. The van der Waals surface area contributed by atoms with Gasteiger partial charge in [-0.05, 0) is 30.7 Å². The van der Waals surface area contributed by atoms with Gasteiger partial charge in [-0.1, -0.05) is 23.4 Å². The molecule has 0 spiro atoms. The van der Waals surface area contributed by atoms with E-state index in [1.54, 1.807) is 12.1 Å². The first-order chi connectivity index (χ1) is 8.65. The second-order valence-electron chi connectivity index (χ2n) is 4.43. The summed E-state index contributed by atoms with van der Waals surface area (Å²) in [7, 11) is 0. The molecule has 2 nitrogen and oxygen atoms in total. The van der Waals surface area contributed by atoms with Gasteiger partial charge >= 0.3 is 0 Å². The topological polar surface area (TPSA) is 34.1 Å². The molecule has 1 saturated carbocycles. The first-order valence-corrected chi connectivity index (χ1v) is 6.32. The van der Waals surface area contributed by atoms with Crippen molar-refractivity contribution in [1.29, 1.82) is 0 Å². The number of ketones is 2. The van der Waals surface area contributed by atoms with Gasteiger partial charge in [0.25, 0.3) is 0 Å². The van der Waals surface area contributed by atoms with Gasteiger partial charge < -0.3 is 0 Å². The van der Waals surface area contributed by atoms with Crippen LogP contribution in [0.5, 0.6) is 0 Å². The quantitative estimate of drug-likeness (QED) is 0.575. The summed E-state index contributed by atoms with van der Waals surface area (Å²) < 4.78 is 0. The van der Waals surface area contributed by atoms with E-state index in [4.69, 9.17) is 11.6 Å². The summed E-state index contributed by atoms with van der Waals surface area (Å²) in [4.78, 5) is 22.7. The van der Waals surface area contributed by atoms with Gasteiger partial charge in [0.15, 0.2) is 0 Å². The van der Waals surface area contributed by atoms with Crippen LogP contribution in [0.2, 0.25) is 5.02 Å². The first kappa shape index (κ1) is 12.9. The molecule has 1 aliphatic carbocycles. The lowest BCUT2D eigenvalue weighted by Gasteiger charge is -2.16. The first-order valence-electron chi connectivity index (χ1n) is 5.94. The van der Waals surface area contributed by atoms with Gasteiger partial charge in [-0.3, -0.25) is 9.59 Å². The number of rotatable bonds is 1. The average molecular weight is 261 g/mol. The minimum Gasteiger partial charge on any atom is -0.299 e. The molecule has 92 valence electrons. The number of halogens is 1. The van der Waals surface area contributed by atoms with Crippen molar-refractivity contribution < 1.29 is 9.59 Å². The highest BCUT2D eigenvalue weighted by molar-refractivity contribution is 6.30. The Labute approximate surface area is 111 Å². The van der Waals surface area contributed by atoms with Crippen molar-refractivity contribution in [3.05, 3.63) is 34.9 Å². The Morgan fingerprint density at radius 3 is 2.61 bits per heavy atom. The van der Waals surface area contributed by atoms with Crippen molar-refractivity contribution in [1.82, 2.24) is 0 Å². The van der Waals surface area contributed by atoms with Crippen LogP contribution in [0.15, 0.2) is 24.3 Å². The number of hydrogen-bond acceptors (Lipinski definition) is 2. The molecule has 1 aromatic rings. The van der Waals surface area contributed by atoms with E-state index in [-0.39, 0.29) is 23.9 Å². The molecule has 0 heterocycles. The third kappa shape index (κ3) is 3.45. The number of hydrogen-bond donors (Lipinski definition) is 0. The van der Waals surface area contributed by atoms with Crippen LogP contribution in [0.4, 0.5) is 0 Å². The maximum absolute atomic E-state index is 11.6. The van der Waals surface area contributed by atoms with E-state index in [0.29, 0.717) is 24.3 Å². The van der Waals surface area contributed by atoms with E-state index in [9.17, 15) is 9.59 Å². The fourth-order valence-corrected chi connectivity index (χ4v) is 2.07. The van der Waals surface area contributed by atoms with Crippen molar-refractivity contribution in [2.75, 3.05) is 0 Å². The van der Waals surface area contributed by atoms with E-state index < -0.39 is 0 Å². The van der Waals surface area contributed by atoms with E-state index in [0.717, 1.165) is 5.56 Å². The third-order valence-electron chi connectivity index (χ3n) is 3.02. The molecule has 1 fully saturated rings. The summed E-state index contributed by atoms with van der Waals surface area (Å²) in [6, 6.07) is 7.27. The molecular weight excluding hydrogens is 248 g/mol. The number of benzene rings is 1. The molecule has 0 aliphatic heterocycles. The molecule has 1 aromatic carbocycles. The fourth-order valence-electron chi connectivity index (χ4n) is 1.95. The minimum absolute atomic E-state index is 0.0386. The van der Waals surface area contributed by atoms with Crippen molar-refractivity contribution >= 4 is 23.2 Å². The van der Waals surface area contributed by atoms with Crippen LogP contribution in [0.25, 0.3) is 0 Å². The Kier molecular flexibility index (Phi) is 4.17. The second-order valence-corrected chi connectivity index (χ2v) is 4.87. The van der Waals surface area contributed by atoms with Gasteiger partial charge in [0.2, 0.25) is 0 Å². The Bertz CT molecular complexity index is 520. The molecule has 1 atom stereocenters. The molecule has 3 heteroatoms. The molecule has 1 aliphatic rings. The smallest absolute Gasteiger partial charge is 0.144 e. The maximum atomic E-state index is 11.6. The van der Waals surface area contributed by atoms with E-state index >= 15 is 0 Å². The highest BCUT2D eigenvalue weighted by atomic mass is 35.5. The number of carbonyl (C=O) groups is 2. The van der Waals surface area contributed by atoms with Crippen LogP contribution in [0.1, 0.15) is 31.2 Å². The Morgan fingerprint density at radius 1 is 1.22 bits per heavy atom. The summed E-state index contributed by atoms with van der Waals surface area (Å²) in [5.74, 6) is 6.04. The minimum atomic E-state index is -0.0671. The zero-order chi connectivity index (χ0) is 13.0. The Hall–Kier alpha value is -1.59. The zero-order valence-electron chi connectivity index (χ0n) is 9.91. The molecule has 0 radical (unpaired) electrons. The fraction of sp³-hybridized carbons (Fsp3) is 0.333. The summed E-state index contributed by atoms with van der Waals surface area (Å²) >= 11 is 5.78. The van der Waals surface area contributed by atoms with Gasteiger partial charge in [0.05, 0.1) is 6.42 Å². The van der Waals surface area contributed by atoms with Gasteiger partial charge in [0.1, 0.15) is 11.6 Å². The molecule has 1 unspecified atom stereocenters. The third-order valence-corrected chi connectivity index (χ3v) is 3.28. The standard InChI is InChI=1S/C15H13ClO2/c16-13-7-4-11(5-8-13)2-1-3-12-6-9-14(17)10-15(12)18/h4-5,7-8,12H,3,6,9-10H2. The number of carbonyl (C=O) groups excluding carboxylic acids is 2. The summed E-state index contributed by atoms with van der Waals surface area (Å²) in [6.45, 7) is 0. The van der Waals surface area contributed by atoms with Crippen LogP contribution in [-0.4, -0.2) is 11.6 Å². The second kappa shape index (κ2) is 5.84. The molecular formula is C15H13ClO2. The lowest BCUT2D eigenvalue weighted by molar-refractivity contribution is -0.132. The van der Waals surface area contributed by atoms with Crippen molar-refractivity contribution in [3.8, 4) is 11.8 Å². The molecule has 0 bridgehead atoms. The predicted molar refractivity (Wildman–Crippen MR) is 70.3 cm³/mol. The van der Waals surface area contributed by atoms with Gasteiger partial charge in [0, 0.05) is 29.3 Å². The summed E-state index contributed by atoms with van der Waals surface area (Å²) in [5.41, 5.74) is 0.888. The van der Waals surface area contributed by atoms with E-state index in [2.05, 4.69) is 11.8 Å². The largest absolute Gasteiger partial charge is 0.299 e.